The molecule has 4 N–H and O–H groups in total. The summed E-state index contributed by atoms with van der Waals surface area (Å²) in [4.78, 5) is 54.0. The average molecular weight is 1300 g/mol. The number of aliphatic hydroxyl groups is 1. The number of ketones is 1. The van der Waals surface area contributed by atoms with E-state index in [2.05, 4.69) is 99.5 Å². The molecule has 482 valence electrons. The minimum absolute atomic E-state index is 0.000654. The summed E-state index contributed by atoms with van der Waals surface area (Å²) in [5.74, 6) is 1.30. The van der Waals surface area contributed by atoms with E-state index in [4.69, 9.17) is 25.7 Å². The lowest BCUT2D eigenvalue weighted by atomic mass is 9.90. The van der Waals surface area contributed by atoms with Gasteiger partial charge in [0.25, 0.3) is 5.91 Å². The van der Waals surface area contributed by atoms with E-state index in [1.807, 2.05) is 131 Å². The number of unbranched alkanes of at least 4 members (excludes halogenated alkanes) is 1. The molecule has 1 saturated carbocycles. The van der Waals surface area contributed by atoms with Crippen LogP contribution in [0.5, 0.6) is 5.75 Å². The first-order chi connectivity index (χ1) is 45.3. The lowest BCUT2D eigenvalue weighted by molar-refractivity contribution is -0.138. The fraction of sp³-hybridized carbons (Fsp3) is 0.276. The summed E-state index contributed by atoms with van der Waals surface area (Å²) in [5.41, 5.74) is 9.85. The van der Waals surface area contributed by atoms with Crippen molar-refractivity contribution in [1.82, 2.24) is 35.2 Å². The fourth-order valence-electron chi connectivity index (χ4n) is 11.1. The molecule has 0 saturated heterocycles. The summed E-state index contributed by atoms with van der Waals surface area (Å²) in [5, 5.41) is 43.1. The predicted octanol–water partition coefficient (Wildman–Crippen LogP) is 16.9. The van der Waals surface area contributed by atoms with Gasteiger partial charge >= 0.3 is 5.97 Å². The number of halogens is 1. The monoisotopic (exact) mass is 1300 g/mol. The van der Waals surface area contributed by atoms with Gasteiger partial charge in [0.05, 0.1) is 57.7 Å². The van der Waals surface area contributed by atoms with E-state index < -0.39 is 11.6 Å². The standard InChI is InChI=1S/C35H36ClNO3S.C27H23N5O4.C14H18N2O/c1-34(2,40)30-9-4-3-7-25(30)13-17-32(41-23-35(18-19-35)22-33(38)39)27-8-5-6-24(20-27)10-15-29-16-12-26-11-14-28(36)21-31(26)37-29;33-23-17-24(26-29-31-32-30-26)36-25-21(23)10-6-11-22(25)28-27(34)19-12-14-20(15-13-19)35-16-5-4-9-18-7-2-1-3-8-18;1-9(2)13-12(14(17)10(3)4)11-7-5-6-8-16(11)15-13/h3-12,14-16,20-21,32,40H,13,17-19,22-23H2,1-2H3,(H,38,39);1-3,6-8,10-15,17H,4-5,9,16H2,(H,28,34)(H,29,30,31,32);5-10H,1-4H3/b15-10+;;/t32-;;/m1../s1. The molecule has 1 aliphatic carbocycles. The number of pyridine rings is 2. The Balaban J connectivity index is 0.000000166. The molecule has 94 heavy (non-hydrogen) atoms. The van der Waals surface area contributed by atoms with Crippen LogP contribution in [-0.2, 0) is 23.2 Å². The quantitative estimate of drug-likeness (QED) is 0.0326. The van der Waals surface area contributed by atoms with Gasteiger partial charge in [0.2, 0.25) is 5.82 Å². The van der Waals surface area contributed by atoms with Crippen LogP contribution < -0.4 is 15.5 Å². The van der Waals surface area contributed by atoms with Crippen molar-refractivity contribution in [2.75, 3.05) is 17.7 Å². The number of rotatable bonds is 24. The molecule has 1 amide bonds. The molecular formula is C76H77ClN8O8S. The van der Waals surface area contributed by atoms with Crippen molar-refractivity contribution in [3.63, 3.8) is 0 Å². The number of aromatic nitrogens is 7. The molecule has 5 heterocycles. The van der Waals surface area contributed by atoms with Crippen LogP contribution in [0.25, 0.3) is 51.1 Å². The van der Waals surface area contributed by atoms with Crippen LogP contribution in [-0.4, -0.2) is 75.5 Å². The van der Waals surface area contributed by atoms with Crippen molar-refractivity contribution < 1.29 is 33.8 Å². The Kier molecular flexibility index (Phi) is 22.2. The van der Waals surface area contributed by atoms with E-state index >= 15 is 0 Å². The van der Waals surface area contributed by atoms with Crippen LogP contribution in [0, 0.1) is 11.3 Å². The van der Waals surface area contributed by atoms with Crippen molar-refractivity contribution in [2.24, 2.45) is 11.3 Å². The number of thioether (sulfide) groups is 1. The molecule has 1 fully saturated rings. The number of carbonyl (C=O) groups is 3. The van der Waals surface area contributed by atoms with E-state index in [-0.39, 0.29) is 63.2 Å². The predicted molar refractivity (Wildman–Crippen MR) is 375 cm³/mol. The van der Waals surface area contributed by atoms with Crippen molar-refractivity contribution in [3.05, 3.63) is 248 Å². The number of aromatic amines is 1. The Labute approximate surface area is 555 Å². The molecule has 18 heteroatoms. The Hall–Kier alpha value is -9.55. The molecule has 0 spiro atoms. The second-order valence-corrected chi connectivity index (χ2v) is 26.5. The minimum Gasteiger partial charge on any atom is -0.494 e. The van der Waals surface area contributed by atoms with Gasteiger partial charge in [0.1, 0.15) is 5.75 Å². The van der Waals surface area contributed by atoms with Crippen LogP contribution in [0.2, 0.25) is 5.02 Å². The molecule has 6 aromatic carbocycles. The van der Waals surface area contributed by atoms with Gasteiger partial charge < -0.3 is 24.7 Å². The zero-order chi connectivity index (χ0) is 66.4. The maximum Gasteiger partial charge on any atom is 0.303 e. The normalized spacial score (nSPS) is 13.0. The Morgan fingerprint density at radius 3 is 2.32 bits per heavy atom. The first-order valence-electron chi connectivity index (χ1n) is 31.7. The zero-order valence-corrected chi connectivity index (χ0v) is 55.2. The summed E-state index contributed by atoms with van der Waals surface area (Å²) < 4.78 is 13.5. The summed E-state index contributed by atoms with van der Waals surface area (Å²) in [7, 11) is 0. The third kappa shape index (κ3) is 17.8. The average Bonchev–Trinajstić information content (AvgIpc) is 0.892. The maximum atomic E-state index is 12.9. The van der Waals surface area contributed by atoms with E-state index in [9.17, 15) is 29.4 Å². The van der Waals surface area contributed by atoms with E-state index in [1.54, 1.807) is 47.0 Å². The highest BCUT2D eigenvalue weighted by Crippen LogP contribution is 2.53. The van der Waals surface area contributed by atoms with Crippen molar-refractivity contribution >= 4 is 86.3 Å². The van der Waals surface area contributed by atoms with Crippen molar-refractivity contribution in [3.8, 4) is 17.3 Å². The lowest BCUT2D eigenvalue weighted by Gasteiger charge is -2.24. The second kappa shape index (κ2) is 30.9. The van der Waals surface area contributed by atoms with E-state index in [1.165, 1.54) is 17.2 Å². The molecular weight excluding hydrogens is 1220 g/mol. The smallest absolute Gasteiger partial charge is 0.303 e. The highest BCUT2D eigenvalue weighted by molar-refractivity contribution is 7.99. The van der Waals surface area contributed by atoms with Gasteiger partial charge in [-0.3, -0.25) is 19.2 Å². The Morgan fingerprint density at radius 1 is 0.830 bits per heavy atom. The van der Waals surface area contributed by atoms with Crippen LogP contribution in [0.3, 0.4) is 0 Å². The number of fused-ring (bicyclic) bond motifs is 3. The first kappa shape index (κ1) is 67.3. The third-order valence-corrected chi connectivity index (χ3v) is 18.3. The highest BCUT2D eigenvalue weighted by Gasteiger charge is 2.44. The molecule has 11 aromatic rings. The molecule has 5 aromatic heterocycles. The van der Waals surface area contributed by atoms with Gasteiger partial charge in [-0.1, -0.05) is 149 Å². The van der Waals surface area contributed by atoms with Gasteiger partial charge in [-0.2, -0.15) is 16.9 Å². The topological polar surface area (TPSA) is 228 Å². The van der Waals surface area contributed by atoms with Crippen molar-refractivity contribution in [1.29, 1.82) is 0 Å². The Morgan fingerprint density at radius 2 is 1.59 bits per heavy atom. The van der Waals surface area contributed by atoms with Crippen LogP contribution in [0.15, 0.2) is 191 Å². The zero-order valence-electron chi connectivity index (χ0n) is 53.6. The number of benzene rings is 6. The number of anilines is 1. The van der Waals surface area contributed by atoms with Gasteiger partial charge in [-0.25, -0.2) is 14.6 Å². The number of hydrogen-bond acceptors (Lipinski definition) is 13. The number of para-hydroxylation sites is 1. The molecule has 1 aliphatic rings. The second-order valence-electron chi connectivity index (χ2n) is 24.8. The van der Waals surface area contributed by atoms with Gasteiger partial charge in [0.15, 0.2) is 22.6 Å². The first-order valence-corrected chi connectivity index (χ1v) is 33.1. The number of carbonyl (C=O) groups excluding carboxylic acids is 2. The summed E-state index contributed by atoms with van der Waals surface area (Å²) in [6, 6.07) is 55.9. The summed E-state index contributed by atoms with van der Waals surface area (Å²) in [6.07, 6.45) is 12.9. The number of tetrazole rings is 1. The maximum absolute atomic E-state index is 12.9. The van der Waals surface area contributed by atoms with Gasteiger partial charge in [-0.15, -0.1) is 5.10 Å². The molecule has 0 unspecified atom stereocenters. The van der Waals surface area contributed by atoms with Gasteiger partial charge in [0, 0.05) is 45.2 Å². The number of carboxylic acids is 1. The van der Waals surface area contributed by atoms with Crippen LogP contribution >= 0.6 is 23.4 Å². The van der Waals surface area contributed by atoms with Crippen LogP contribution in [0.1, 0.15) is 151 Å². The number of nitrogens with zero attached hydrogens (tertiary/aromatic N) is 6. The number of carboxylic acid groups (broad SMARTS) is 1. The van der Waals surface area contributed by atoms with E-state index in [0.29, 0.717) is 34.0 Å². The molecule has 0 radical (unpaired) electrons. The number of nitrogens with one attached hydrogen (secondary N) is 2. The summed E-state index contributed by atoms with van der Waals surface area (Å²) in [6.45, 7) is 12.3. The minimum atomic E-state index is -0.911. The lowest BCUT2D eigenvalue weighted by Crippen LogP contribution is -2.18. The Bertz CT molecular complexity index is 4500. The van der Waals surface area contributed by atoms with Gasteiger partial charge in [-0.05, 0) is 181 Å². The molecule has 0 bridgehead atoms. The number of amides is 1. The molecule has 0 aliphatic heterocycles. The molecule has 12 rings (SSSR count). The van der Waals surface area contributed by atoms with E-state index in [0.717, 1.165) is 101 Å². The summed E-state index contributed by atoms with van der Waals surface area (Å²) >= 11 is 8.04. The molecule has 16 nitrogen and oxygen atoms in total. The number of Topliss-reactive ketones (excluding diaryl/α,β-unsaturated/α-hetero) is 1. The number of hydrogen-bond donors (Lipinski definition) is 4. The SMILES string of the molecule is CC(C)(O)c1ccccc1CC[C@@H](SCC1(CC(=O)O)CC1)c1cccc(/C=C/c2ccc3ccc(Cl)cc3n2)c1.CC(C)C(=O)c1c(C(C)C)nn2ccccc12.O=C(Nc1cccc2c(=O)cc(-c3nnn[nH]3)oc12)c1ccc(OCCCCc2ccccc2)cc1. The largest absolute Gasteiger partial charge is 0.494 e. The number of H-pyrrole nitrogens is 1. The van der Waals surface area contributed by atoms with Crippen LogP contribution in [0.4, 0.5) is 5.69 Å². The number of aliphatic carboxylic acids is 1. The number of ether oxygens (including phenoxy) is 1. The molecule has 1 atom stereocenters. The fourth-order valence-corrected chi connectivity index (χ4v) is 12.9. The third-order valence-electron chi connectivity index (χ3n) is 16.4. The van der Waals surface area contributed by atoms with Crippen molar-refractivity contribution in [2.45, 2.75) is 110 Å². The number of aryl methyl sites for hydroxylation is 2. The highest BCUT2D eigenvalue weighted by atomic mass is 35.5.